The van der Waals surface area contributed by atoms with Crippen molar-refractivity contribution in [2.24, 2.45) is 16.5 Å². The highest BCUT2D eigenvalue weighted by Crippen LogP contribution is 2.21. The highest BCUT2D eigenvalue weighted by atomic mass is 32.2. The maximum atomic E-state index is 12.0. The van der Waals surface area contributed by atoms with Gasteiger partial charge >= 0.3 is 0 Å². The zero-order valence-electron chi connectivity index (χ0n) is 14.0. The molecule has 0 radical (unpaired) electrons. The van der Waals surface area contributed by atoms with Gasteiger partial charge in [-0.05, 0) is 24.3 Å². The van der Waals surface area contributed by atoms with Crippen molar-refractivity contribution in [2.45, 2.75) is 10.6 Å². The van der Waals surface area contributed by atoms with Crippen molar-refractivity contribution in [3.63, 3.8) is 0 Å². The lowest BCUT2D eigenvalue weighted by Gasteiger charge is -2.05. The number of benzene rings is 1. The van der Waals surface area contributed by atoms with Gasteiger partial charge in [0.15, 0.2) is 15.8 Å². The van der Waals surface area contributed by atoms with E-state index < -0.39 is 9.84 Å². The van der Waals surface area contributed by atoms with Crippen LogP contribution in [-0.2, 0) is 15.6 Å². The molecule has 0 aliphatic heterocycles. The number of aliphatic imine (C=N–C) groups is 1. The highest BCUT2D eigenvalue weighted by Gasteiger charge is 2.09. The Bertz CT molecular complexity index is 888. The van der Waals surface area contributed by atoms with Gasteiger partial charge < -0.3 is 16.8 Å². The summed E-state index contributed by atoms with van der Waals surface area (Å²) in [4.78, 5) is 20.4. The lowest BCUT2D eigenvalue weighted by atomic mass is 10.2. The Labute approximate surface area is 160 Å². The van der Waals surface area contributed by atoms with E-state index in [1.807, 2.05) is 5.38 Å². The summed E-state index contributed by atoms with van der Waals surface area (Å²) in [5.74, 6) is 1.14. The first-order chi connectivity index (χ1) is 12.3. The van der Waals surface area contributed by atoms with E-state index in [1.165, 1.54) is 35.6 Å². The zero-order valence-corrected chi connectivity index (χ0v) is 16.5. The summed E-state index contributed by atoms with van der Waals surface area (Å²) in [6, 6.07) is 5.85. The average Bonchev–Trinajstić information content (AvgIpc) is 3.00. The van der Waals surface area contributed by atoms with Crippen LogP contribution in [0, 0.1) is 0 Å². The Morgan fingerprint density at radius 1 is 1.31 bits per heavy atom. The Balaban J connectivity index is 1.73. The summed E-state index contributed by atoms with van der Waals surface area (Å²) in [5, 5.41) is 5.20. The van der Waals surface area contributed by atoms with Gasteiger partial charge in [-0.15, -0.1) is 11.3 Å². The van der Waals surface area contributed by atoms with Crippen LogP contribution in [0.25, 0.3) is 0 Å². The fourth-order valence-corrected chi connectivity index (χ4v) is 4.08. The molecule has 1 aromatic carbocycles. The van der Waals surface area contributed by atoms with Gasteiger partial charge in [-0.25, -0.2) is 13.4 Å². The quantitative estimate of drug-likeness (QED) is 0.334. The van der Waals surface area contributed by atoms with Crippen LogP contribution in [0.5, 0.6) is 0 Å². The second-order valence-electron chi connectivity index (χ2n) is 5.26. The lowest BCUT2D eigenvalue weighted by Crippen LogP contribution is -2.25. The van der Waals surface area contributed by atoms with Crippen LogP contribution in [-0.4, -0.2) is 43.8 Å². The SMILES string of the molecule is CS(=O)(=O)c1ccc(C(=O)NCCSCc2csc(N=C(N)N)n2)cc1. The predicted octanol–water partition coefficient (Wildman–Crippen LogP) is 1.11. The molecule has 0 fully saturated rings. The number of thioether (sulfide) groups is 1. The van der Waals surface area contributed by atoms with Crippen LogP contribution < -0.4 is 16.8 Å². The number of guanidine groups is 1. The predicted molar refractivity (Wildman–Crippen MR) is 106 cm³/mol. The fourth-order valence-electron chi connectivity index (χ4n) is 1.89. The van der Waals surface area contributed by atoms with Gasteiger partial charge in [-0.3, -0.25) is 4.79 Å². The molecule has 2 rings (SSSR count). The fraction of sp³-hybridized carbons (Fsp3) is 0.267. The minimum absolute atomic E-state index is 0.0224. The van der Waals surface area contributed by atoms with Crippen LogP contribution >= 0.6 is 23.1 Å². The molecule has 5 N–H and O–H groups in total. The van der Waals surface area contributed by atoms with E-state index >= 15 is 0 Å². The standard InChI is InChI=1S/C15H19N5O3S3/c1-26(22,23)12-4-2-10(3-5-12)13(21)18-6-7-24-8-11-9-25-15(19-11)20-14(16)17/h2-5,9H,6-8H2,1H3,(H,18,21)(H4,16,17,19,20). The number of nitrogens with zero attached hydrogens (tertiary/aromatic N) is 2. The summed E-state index contributed by atoms with van der Waals surface area (Å²) in [6.07, 6.45) is 1.13. The molecule has 140 valence electrons. The van der Waals surface area contributed by atoms with Crippen molar-refractivity contribution in [1.82, 2.24) is 10.3 Å². The third-order valence-electron chi connectivity index (χ3n) is 3.09. The molecule has 0 saturated carbocycles. The largest absolute Gasteiger partial charge is 0.370 e. The molecule has 1 aromatic heterocycles. The smallest absolute Gasteiger partial charge is 0.251 e. The number of aromatic nitrogens is 1. The summed E-state index contributed by atoms with van der Waals surface area (Å²) in [5.41, 5.74) is 11.9. The Kier molecular flexibility index (Phi) is 7.00. The molecular formula is C15H19N5O3S3. The Hall–Kier alpha value is -2.11. The lowest BCUT2D eigenvalue weighted by molar-refractivity contribution is 0.0956. The molecule has 0 saturated heterocycles. The van der Waals surface area contributed by atoms with Crippen LogP contribution in [0.3, 0.4) is 0 Å². The number of nitrogens with two attached hydrogens (primary N) is 2. The Morgan fingerprint density at radius 3 is 2.62 bits per heavy atom. The maximum Gasteiger partial charge on any atom is 0.251 e. The van der Waals surface area contributed by atoms with Gasteiger partial charge in [0.2, 0.25) is 5.13 Å². The second-order valence-corrected chi connectivity index (χ2v) is 9.22. The van der Waals surface area contributed by atoms with E-state index in [-0.39, 0.29) is 16.8 Å². The topological polar surface area (TPSA) is 141 Å². The van der Waals surface area contributed by atoms with Crippen LogP contribution in [0.2, 0.25) is 0 Å². The summed E-state index contributed by atoms with van der Waals surface area (Å²) < 4.78 is 22.8. The van der Waals surface area contributed by atoms with E-state index in [1.54, 1.807) is 11.8 Å². The minimum Gasteiger partial charge on any atom is -0.370 e. The van der Waals surface area contributed by atoms with Crippen LogP contribution in [0.15, 0.2) is 39.5 Å². The van der Waals surface area contributed by atoms with Crippen LogP contribution in [0.4, 0.5) is 5.13 Å². The normalized spacial score (nSPS) is 11.1. The molecule has 8 nitrogen and oxygen atoms in total. The zero-order chi connectivity index (χ0) is 19.2. The van der Waals surface area contributed by atoms with Crippen molar-refractivity contribution >= 4 is 49.9 Å². The molecule has 1 amide bonds. The number of hydrogen-bond acceptors (Lipinski definition) is 7. The van der Waals surface area contributed by atoms with Gasteiger partial charge in [0.1, 0.15) is 0 Å². The minimum atomic E-state index is -3.26. The van der Waals surface area contributed by atoms with Crippen LogP contribution in [0.1, 0.15) is 16.1 Å². The van der Waals surface area contributed by atoms with Gasteiger partial charge in [0.05, 0.1) is 10.6 Å². The van der Waals surface area contributed by atoms with Gasteiger partial charge in [0.25, 0.3) is 5.91 Å². The number of nitrogens with one attached hydrogen (secondary N) is 1. The van der Waals surface area contributed by atoms with Crippen molar-refractivity contribution < 1.29 is 13.2 Å². The number of carbonyl (C=O) groups excluding carboxylic acids is 1. The third-order valence-corrected chi connectivity index (χ3v) is 6.00. The van der Waals surface area contributed by atoms with E-state index in [2.05, 4.69) is 15.3 Å². The number of hydrogen-bond donors (Lipinski definition) is 3. The molecular weight excluding hydrogens is 394 g/mol. The number of amides is 1. The summed E-state index contributed by atoms with van der Waals surface area (Å²) >= 11 is 2.98. The van der Waals surface area contributed by atoms with Crippen molar-refractivity contribution in [3.8, 4) is 0 Å². The van der Waals surface area contributed by atoms with Gasteiger partial charge in [-0.1, -0.05) is 0 Å². The Morgan fingerprint density at radius 2 is 2.00 bits per heavy atom. The van der Waals surface area contributed by atoms with E-state index in [4.69, 9.17) is 11.5 Å². The van der Waals surface area contributed by atoms with Crippen molar-refractivity contribution in [3.05, 3.63) is 40.9 Å². The average molecular weight is 414 g/mol. The molecule has 2 aromatic rings. The summed E-state index contributed by atoms with van der Waals surface area (Å²) in [6.45, 7) is 0.488. The summed E-state index contributed by atoms with van der Waals surface area (Å²) in [7, 11) is -3.26. The van der Waals surface area contributed by atoms with E-state index in [9.17, 15) is 13.2 Å². The molecule has 11 heteroatoms. The van der Waals surface area contributed by atoms with E-state index in [0.29, 0.717) is 28.7 Å². The number of rotatable bonds is 8. The maximum absolute atomic E-state index is 12.0. The first kappa shape index (κ1) is 20.2. The molecule has 0 aliphatic carbocycles. The van der Waals surface area contributed by atoms with Gasteiger partial charge in [0, 0.05) is 35.2 Å². The number of thiazole rings is 1. The first-order valence-electron chi connectivity index (χ1n) is 7.46. The number of carbonyl (C=O) groups is 1. The highest BCUT2D eigenvalue weighted by molar-refractivity contribution is 7.98. The van der Waals surface area contributed by atoms with Gasteiger partial charge in [-0.2, -0.15) is 16.8 Å². The molecule has 0 aliphatic rings. The molecule has 0 unspecified atom stereocenters. The van der Waals surface area contributed by atoms with Crippen molar-refractivity contribution in [1.29, 1.82) is 0 Å². The second kappa shape index (κ2) is 9.01. The molecule has 0 spiro atoms. The van der Waals surface area contributed by atoms with Crippen molar-refractivity contribution in [2.75, 3.05) is 18.6 Å². The molecule has 26 heavy (non-hydrogen) atoms. The molecule has 0 bridgehead atoms. The third kappa shape index (κ3) is 6.32. The molecule has 0 atom stereocenters. The molecule has 1 heterocycles. The van der Waals surface area contributed by atoms with E-state index in [0.717, 1.165) is 11.9 Å². The first-order valence-corrected chi connectivity index (χ1v) is 11.4. The monoisotopic (exact) mass is 413 g/mol. The number of sulfone groups is 1.